The Hall–Kier alpha value is -2.06. The van der Waals surface area contributed by atoms with Crippen LogP contribution in [0.4, 0.5) is 0 Å². The van der Waals surface area contributed by atoms with Crippen molar-refractivity contribution in [1.82, 2.24) is 9.55 Å². The van der Waals surface area contributed by atoms with Gasteiger partial charge in [0.25, 0.3) is 0 Å². The molecule has 2 heterocycles. The highest BCUT2D eigenvalue weighted by Crippen LogP contribution is 2.40. The average Bonchev–Trinajstić information content (AvgIpc) is 3.40. The first-order chi connectivity index (χ1) is 11.9. The van der Waals surface area contributed by atoms with Gasteiger partial charge in [-0.3, -0.25) is 0 Å². The predicted molar refractivity (Wildman–Crippen MR) is 105 cm³/mol. The number of nitrogens with zero attached hydrogens (tertiary/aromatic N) is 2. The van der Waals surface area contributed by atoms with Crippen molar-refractivity contribution in [1.29, 1.82) is 0 Å². The van der Waals surface area contributed by atoms with E-state index in [1.54, 1.807) is 0 Å². The van der Waals surface area contributed by atoms with E-state index in [9.17, 15) is 0 Å². The van der Waals surface area contributed by atoms with Gasteiger partial charge < -0.3 is 4.57 Å². The average molecular weight is 351 g/mol. The molecule has 0 N–H and O–H groups in total. The summed E-state index contributed by atoms with van der Waals surface area (Å²) >= 11 is 0. The van der Waals surface area contributed by atoms with Crippen LogP contribution in [0.15, 0.2) is 54.7 Å². The highest BCUT2D eigenvalue weighted by Gasteiger charge is 2.23. The third kappa shape index (κ3) is 3.23. The second kappa shape index (κ2) is 6.68. The second-order valence-electron chi connectivity index (χ2n) is 7.17. The van der Waals surface area contributed by atoms with E-state index in [0.717, 1.165) is 24.6 Å². The van der Waals surface area contributed by atoms with Crippen LogP contribution >= 0.6 is 12.4 Å². The molecule has 3 heteroatoms. The summed E-state index contributed by atoms with van der Waals surface area (Å²) in [6.07, 6.45) is 8.61. The van der Waals surface area contributed by atoms with Crippen molar-refractivity contribution in [2.24, 2.45) is 0 Å². The van der Waals surface area contributed by atoms with Gasteiger partial charge in [-0.25, -0.2) is 4.98 Å². The van der Waals surface area contributed by atoms with Gasteiger partial charge in [0.15, 0.2) is 0 Å². The van der Waals surface area contributed by atoms with Crippen molar-refractivity contribution in [3.05, 3.63) is 66.1 Å². The molecule has 0 amide bonds. The van der Waals surface area contributed by atoms with Gasteiger partial charge in [-0.2, -0.15) is 0 Å². The number of hydrogen-bond donors (Lipinski definition) is 0. The summed E-state index contributed by atoms with van der Waals surface area (Å²) in [7, 11) is 0. The van der Waals surface area contributed by atoms with Crippen LogP contribution in [-0.4, -0.2) is 9.55 Å². The lowest BCUT2D eigenvalue weighted by molar-refractivity contribution is 0.522. The summed E-state index contributed by atoms with van der Waals surface area (Å²) in [5, 5.41) is 0. The van der Waals surface area contributed by atoms with E-state index in [1.165, 1.54) is 53.8 Å². The van der Waals surface area contributed by atoms with Gasteiger partial charge in [0.1, 0.15) is 5.82 Å². The lowest BCUT2D eigenvalue weighted by Crippen LogP contribution is -2.08. The minimum atomic E-state index is 0. The SMILES string of the molecule is Cl.c1cc(-c2cn3c(n2)CCCC3)ccc1-c1ccc(C2CC2)cc1. The molecule has 2 nitrogen and oxygen atoms in total. The van der Waals surface area contributed by atoms with Gasteiger partial charge in [-0.05, 0) is 48.3 Å². The number of aryl methyl sites for hydroxylation is 2. The monoisotopic (exact) mass is 350 g/mol. The normalized spacial score (nSPS) is 16.2. The smallest absolute Gasteiger partial charge is 0.109 e. The number of fused-ring (bicyclic) bond motifs is 1. The number of rotatable bonds is 3. The van der Waals surface area contributed by atoms with Crippen LogP contribution in [0.1, 0.15) is 43.0 Å². The molecule has 1 saturated carbocycles. The molecule has 0 bridgehead atoms. The maximum absolute atomic E-state index is 4.82. The predicted octanol–water partition coefficient (Wildman–Crippen LogP) is 5.85. The fourth-order valence-corrected chi connectivity index (χ4v) is 3.75. The Labute approximate surface area is 155 Å². The van der Waals surface area contributed by atoms with Crippen LogP contribution in [0.2, 0.25) is 0 Å². The van der Waals surface area contributed by atoms with Crippen molar-refractivity contribution in [3.63, 3.8) is 0 Å². The minimum Gasteiger partial charge on any atom is -0.334 e. The molecule has 3 aromatic rings. The molecular weight excluding hydrogens is 328 g/mol. The molecule has 1 fully saturated rings. The van der Waals surface area contributed by atoms with E-state index >= 15 is 0 Å². The third-order valence-corrected chi connectivity index (χ3v) is 5.38. The van der Waals surface area contributed by atoms with Crippen LogP contribution < -0.4 is 0 Å². The van der Waals surface area contributed by atoms with Crippen molar-refractivity contribution in [2.75, 3.05) is 0 Å². The summed E-state index contributed by atoms with van der Waals surface area (Å²) in [4.78, 5) is 4.82. The zero-order valence-electron chi connectivity index (χ0n) is 14.3. The van der Waals surface area contributed by atoms with Gasteiger partial charge in [0, 0.05) is 24.7 Å². The molecule has 2 aromatic carbocycles. The molecule has 25 heavy (non-hydrogen) atoms. The van der Waals surface area contributed by atoms with Crippen molar-refractivity contribution >= 4 is 12.4 Å². The first kappa shape index (κ1) is 16.4. The number of aromatic nitrogens is 2. The largest absolute Gasteiger partial charge is 0.334 e. The number of imidazole rings is 1. The Kier molecular flexibility index (Phi) is 4.39. The molecule has 0 radical (unpaired) electrons. The zero-order chi connectivity index (χ0) is 15.9. The Morgan fingerprint density at radius 1 is 0.800 bits per heavy atom. The molecule has 1 aliphatic carbocycles. The van der Waals surface area contributed by atoms with Crippen molar-refractivity contribution in [3.8, 4) is 22.4 Å². The summed E-state index contributed by atoms with van der Waals surface area (Å²) in [5.41, 5.74) is 6.41. The fourth-order valence-electron chi connectivity index (χ4n) is 3.75. The molecule has 0 atom stereocenters. The Balaban J connectivity index is 0.00000157. The highest BCUT2D eigenvalue weighted by atomic mass is 35.5. The van der Waals surface area contributed by atoms with Crippen molar-refractivity contribution < 1.29 is 0 Å². The van der Waals surface area contributed by atoms with E-state index in [2.05, 4.69) is 59.3 Å². The second-order valence-corrected chi connectivity index (χ2v) is 7.17. The first-order valence-corrected chi connectivity index (χ1v) is 9.14. The van der Waals surface area contributed by atoms with Gasteiger partial charge >= 0.3 is 0 Å². The van der Waals surface area contributed by atoms with Crippen LogP contribution in [0.3, 0.4) is 0 Å². The standard InChI is InChI=1S/C22H22N2.ClH/c1-2-14-24-15-21(23-22(24)3-1)20-12-10-19(11-13-20)18-8-6-17(7-9-18)16-4-5-16;/h6-13,15-16H,1-5,14H2;1H. The molecule has 0 unspecified atom stereocenters. The third-order valence-electron chi connectivity index (χ3n) is 5.38. The molecule has 0 spiro atoms. The zero-order valence-corrected chi connectivity index (χ0v) is 15.1. The van der Waals surface area contributed by atoms with Crippen LogP contribution in [0.25, 0.3) is 22.4 Å². The van der Waals surface area contributed by atoms with E-state index < -0.39 is 0 Å². The Morgan fingerprint density at radius 3 is 2.08 bits per heavy atom. The van der Waals surface area contributed by atoms with Crippen LogP contribution in [-0.2, 0) is 13.0 Å². The molecule has 128 valence electrons. The highest BCUT2D eigenvalue weighted by molar-refractivity contribution is 5.85. The maximum atomic E-state index is 4.82. The van der Waals surface area contributed by atoms with E-state index in [0.29, 0.717) is 0 Å². The summed E-state index contributed by atoms with van der Waals surface area (Å²) in [5.74, 6) is 2.07. The molecule has 1 aliphatic heterocycles. The van der Waals surface area contributed by atoms with Crippen molar-refractivity contribution in [2.45, 2.75) is 44.6 Å². The quantitative estimate of drug-likeness (QED) is 0.579. The van der Waals surface area contributed by atoms with Gasteiger partial charge in [-0.1, -0.05) is 48.5 Å². The molecular formula is C22H23ClN2. The Bertz CT molecular complexity index is 835. The van der Waals surface area contributed by atoms with Gasteiger partial charge in [-0.15, -0.1) is 12.4 Å². The van der Waals surface area contributed by atoms with Gasteiger partial charge in [0.2, 0.25) is 0 Å². The summed E-state index contributed by atoms with van der Waals surface area (Å²) < 4.78 is 2.32. The minimum absolute atomic E-state index is 0. The van der Waals surface area contributed by atoms with E-state index in [1.807, 2.05) is 0 Å². The maximum Gasteiger partial charge on any atom is 0.109 e. The Morgan fingerprint density at radius 2 is 1.44 bits per heavy atom. The number of benzene rings is 2. The molecule has 5 rings (SSSR count). The molecule has 0 saturated heterocycles. The first-order valence-electron chi connectivity index (χ1n) is 9.14. The molecule has 1 aromatic heterocycles. The summed E-state index contributed by atoms with van der Waals surface area (Å²) in [6.45, 7) is 1.12. The number of halogens is 1. The van der Waals surface area contributed by atoms with Gasteiger partial charge in [0.05, 0.1) is 5.69 Å². The summed E-state index contributed by atoms with van der Waals surface area (Å²) in [6, 6.07) is 18.0. The lowest BCUT2D eigenvalue weighted by atomic mass is 10.0. The topological polar surface area (TPSA) is 17.8 Å². The van der Waals surface area contributed by atoms with E-state index in [4.69, 9.17) is 4.98 Å². The lowest BCUT2D eigenvalue weighted by Gasteiger charge is -2.11. The number of hydrogen-bond acceptors (Lipinski definition) is 1. The fraction of sp³-hybridized carbons (Fsp3) is 0.318. The molecule has 2 aliphatic rings. The van der Waals surface area contributed by atoms with Crippen LogP contribution in [0, 0.1) is 0 Å². The van der Waals surface area contributed by atoms with Crippen LogP contribution in [0.5, 0.6) is 0 Å². The van der Waals surface area contributed by atoms with E-state index in [-0.39, 0.29) is 12.4 Å².